The van der Waals surface area contributed by atoms with Gasteiger partial charge < -0.3 is 9.11 Å². The lowest BCUT2D eigenvalue weighted by atomic mass is 10.6. The number of rotatable bonds is 6. The molecule has 2 unspecified atom stereocenters. The van der Waals surface area contributed by atoms with E-state index in [1.54, 1.807) is 12.5 Å². The van der Waals surface area contributed by atoms with Gasteiger partial charge in [-0.15, -0.1) is 0 Å². The van der Waals surface area contributed by atoms with Crippen molar-refractivity contribution in [3.8, 4) is 0 Å². The van der Waals surface area contributed by atoms with E-state index in [1.807, 2.05) is 12.2 Å². The fraction of sp³-hybridized carbons (Fsp3) is 0.667. The summed E-state index contributed by atoms with van der Waals surface area (Å²) in [7, 11) is 1.22. The lowest BCUT2D eigenvalue weighted by Crippen LogP contribution is -1.90. The van der Waals surface area contributed by atoms with Crippen LogP contribution in [0.5, 0.6) is 0 Å². The minimum Gasteiger partial charge on any atom is -0.605 e. The summed E-state index contributed by atoms with van der Waals surface area (Å²) in [4.78, 5) is 0. The lowest BCUT2D eigenvalue weighted by molar-refractivity contribution is 0.614. The van der Waals surface area contributed by atoms with Gasteiger partial charge in [0.05, 0.1) is 33.1 Å². The van der Waals surface area contributed by atoms with E-state index in [0.29, 0.717) is 0 Å². The van der Waals surface area contributed by atoms with Crippen LogP contribution in [-0.4, -0.2) is 33.1 Å². The SMILES string of the molecule is C[S+]([O-])SC/C=C\CS[S+](C)[O-]. The number of hydrogen-bond donors (Lipinski definition) is 0. The van der Waals surface area contributed by atoms with Crippen molar-refractivity contribution in [3.05, 3.63) is 12.2 Å². The van der Waals surface area contributed by atoms with E-state index in [4.69, 9.17) is 0 Å². The quantitative estimate of drug-likeness (QED) is 0.404. The molecule has 0 fully saturated rings. The molecule has 0 spiro atoms. The standard InChI is InChI=1S/C6H12O2S4/c1-11(7)9-5-3-4-6-10-12(2)8/h3-4H,5-6H2,1-2H3/b4-3-. The first-order valence-electron chi connectivity index (χ1n) is 3.21. The van der Waals surface area contributed by atoms with Crippen molar-refractivity contribution in [2.24, 2.45) is 0 Å². The van der Waals surface area contributed by atoms with E-state index in [1.165, 1.54) is 21.6 Å². The smallest absolute Gasteiger partial charge is 0.107 e. The third kappa shape index (κ3) is 11.1. The third-order valence-corrected chi connectivity index (χ3v) is 4.96. The van der Waals surface area contributed by atoms with Crippen molar-refractivity contribution in [2.45, 2.75) is 0 Å². The van der Waals surface area contributed by atoms with Gasteiger partial charge in [0.25, 0.3) is 0 Å². The van der Waals surface area contributed by atoms with Crippen molar-refractivity contribution >= 4 is 42.0 Å². The summed E-state index contributed by atoms with van der Waals surface area (Å²) in [6.45, 7) is 0. The summed E-state index contributed by atoms with van der Waals surface area (Å²) < 4.78 is 21.1. The van der Waals surface area contributed by atoms with E-state index in [9.17, 15) is 9.11 Å². The Morgan fingerprint density at radius 1 is 1.00 bits per heavy atom. The predicted molar refractivity (Wildman–Crippen MR) is 62.2 cm³/mol. The van der Waals surface area contributed by atoms with Gasteiger partial charge in [-0.05, 0) is 0 Å². The van der Waals surface area contributed by atoms with E-state index in [-0.39, 0.29) is 0 Å². The van der Waals surface area contributed by atoms with Crippen LogP contribution in [0.25, 0.3) is 0 Å². The van der Waals surface area contributed by atoms with Gasteiger partial charge in [-0.1, -0.05) is 12.2 Å². The predicted octanol–water partition coefficient (Wildman–Crippen LogP) is 1.60. The van der Waals surface area contributed by atoms with Gasteiger partial charge in [0.1, 0.15) is 12.5 Å². The van der Waals surface area contributed by atoms with Crippen LogP contribution in [0.4, 0.5) is 0 Å². The topological polar surface area (TPSA) is 46.1 Å². The second-order valence-electron chi connectivity index (χ2n) is 1.84. The van der Waals surface area contributed by atoms with Gasteiger partial charge in [-0.25, -0.2) is 0 Å². The molecule has 2 nitrogen and oxygen atoms in total. The van der Waals surface area contributed by atoms with Crippen molar-refractivity contribution in [2.75, 3.05) is 24.0 Å². The Morgan fingerprint density at radius 2 is 1.33 bits per heavy atom. The van der Waals surface area contributed by atoms with Gasteiger partial charge in [0.2, 0.25) is 0 Å². The van der Waals surface area contributed by atoms with E-state index in [2.05, 4.69) is 0 Å². The fourth-order valence-electron chi connectivity index (χ4n) is 0.406. The highest BCUT2D eigenvalue weighted by molar-refractivity contribution is 8.72. The normalized spacial score (nSPS) is 16.7. The van der Waals surface area contributed by atoms with Gasteiger partial charge in [0, 0.05) is 20.4 Å². The molecule has 0 heterocycles. The molecule has 0 aromatic heterocycles. The first-order valence-corrected chi connectivity index (χ1v) is 9.33. The number of hydrogen-bond acceptors (Lipinski definition) is 4. The van der Waals surface area contributed by atoms with E-state index in [0.717, 1.165) is 11.5 Å². The first-order chi connectivity index (χ1) is 5.63. The molecule has 0 amide bonds. The molecule has 0 N–H and O–H groups in total. The van der Waals surface area contributed by atoms with Gasteiger partial charge in [-0.3, -0.25) is 0 Å². The second kappa shape index (κ2) is 8.65. The Balaban J connectivity index is 3.15. The molecule has 0 radical (unpaired) electrons. The summed E-state index contributed by atoms with van der Waals surface area (Å²) in [5.74, 6) is 1.53. The van der Waals surface area contributed by atoms with E-state index < -0.39 is 20.4 Å². The lowest BCUT2D eigenvalue weighted by Gasteiger charge is -1.98. The molecule has 0 aromatic rings. The average molecular weight is 244 g/mol. The summed E-state index contributed by atoms with van der Waals surface area (Å²) in [5.41, 5.74) is 0. The molecule has 72 valence electrons. The van der Waals surface area contributed by atoms with E-state index >= 15 is 0 Å². The zero-order valence-electron chi connectivity index (χ0n) is 7.02. The first kappa shape index (κ1) is 13.1. The van der Waals surface area contributed by atoms with Crippen LogP contribution in [0.2, 0.25) is 0 Å². The van der Waals surface area contributed by atoms with Gasteiger partial charge in [-0.2, -0.15) is 0 Å². The third-order valence-electron chi connectivity index (χ3n) is 0.827. The molecule has 12 heavy (non-hydrogen) atoms. The van der Waals surface area contributed by atoms with Gasteiger partial charge >= 0.3 is 0 Å². The Bertz CT molecular complexity index is 113. The summed E-state index contributed by atoms with van der Waals surface area (Å²) in [6, 6.07) is 0. The van der Waals surface area contributed by atoms with Crippen LogP contribution in [0, 0.1) is 0 Å². The molecule has 0 saturated heterocycles. The molecule has 0 aliphatic carbocycles. The highest BCUT2D eigenvalue weighted by Crippen LogP contribution is 2.11. The highest BCUT2D eigenvalue weighted by atomic mass is 33.1. The Kier molecular flexibility index (Phi) is 9.41. The Labute approximate surface area is 87.1 Å². The van der Waals surface area contributed by atoms with Crippen LogP contribution in [0.1, 0.15) is 0 Å². The molecule has 0 rings (SSSR count). The maximum absolute atomic E-state index is 10.6. The minimum absolute atomic E-state index is 0.764. The summed E-state index contributed by atoms with van der Waals surface area (Å²) in [6.07, 6.45) is 7.22. The van der Waals surface area contributed by atoms with Crippen molar-refractivity contribution in [1.82, 2.24) is 0 Å². The zero-order valence-corrected chi connectivity index (χ0v) is 10.3. The highest BCUT2D eigenvalue weighted by Gasteiger charge is 1.97. The second-order valence-corrected chi connectivity index (χ2v) is 8.82. The average Bonchev–Trinajstić information content (AvgIpc) is 1.95. The molecular formula is C6H12O2S4. The van der Waals surface area contributed by atoms with Crippen LogP contribution >= 0.6 is 21.6 Å². The fourth-order valence-corrected chi connectivity index (χ4v) is 2.84. The summed E-state index contributed by atoms with van der Waals surface area (Å²) >= 11 is 0. The Hall–Kier alpha value is 1.06. The monoisotopic (exact) mass is 244 g/mol. The van der Waals surface area contributed by atoms with Crippen LogP contribution in [-0.2, 0) is 20.4 Å². The molecule has 0 aliphatic rings. The minimum atomic E-state index is -0.781. The van der Waals surface area contributed by atoms with Crippen LogP contribution in [0.15, 0.2) is 12.2 Å². The zero-order chi connectivity index (χ0) is 9.40. The van der Waals surface area contributed by atoms with Crippen LogP contribution in [0.3, 0.4) is 0 Å². The largest absolute Gasteiger partial charge is 0.605 e. The molecule has 0 saturated carbocycles. The maximum atomic E-state index is 10.6. The molecule has 6 heteroatoms. The Morgan fingerprint density at radius 3 is 1.58 bits per heavy atom. The van der Waals surface area contributed by atoms with Crippen molar-refractivity contribution < 1.29 is 9.11 Å². The van der Waals surface area contributed by atoms with Crippen molar-refractivity contribution in [3.63, 3.8) is 0 Å². The summed E-state index contributed by atoms with van der Waals surface area (Å²) in [5, 5.41) is 0. The van der Waals surface area contributed by atoms with Gasteiger partial charge in [0.15, 0.2) is 0 Å². The molecule has 0 aliphatic heterocycles. The molecule has 0 aromatic carbocycles. The molecule has 0 bridgehead atoms. The molecule has 2 atom stereocenters. The maximum Gasteiger partial charge on any atom is 0.107 e. The molecular weight excluding hydrogens is 232 g/mol. The van der Waals surface area contributed by atoms with Crippen LogP contribution < -0.4 is 0 Å². The van der Waals surface area contributed by atoms with Crippen molar-refractivity contribution in [1.29, 1.82) is 0 Å².